The van der Waals surface area contributed by atoms with Crippen molar-refractivity contribution in [3.05, 3.63) is 71.9 Å². The van der Waals surface area contributed by atoms with Gasteiger partial charge in [0, 0.05) is 36.7 Å². The molecule has 1 fully saturated rings. The number of nitrogens with one attached hydrogen (secondary N) is 2. The van der Waals surface area contributed by atoms with Gasteiger partial charge in [-0.05, 0) is 23.8 Å². The summed E-state index contributed by atoms with van der Waals surface area (Å²) in [6.07, 6.45) is 2.12. The first-order valence-corrected chi connectivity index (χ1v) is 11.3. The number of oxime groups is 1. The number of hydrogen-bond donors (Lipinski definition) is 2. The summed E-state index contributed by atoms with van der Waals surface area (Å²) >= 11 is 0. The van der Waals surface area contributed by atoms with Gasteiger partial charge in [0.15, 0.2) is 0 Å². The molecule has 10 nitrogen and oxygen atoms in total. The Kier molecular flexibility index (Phi) is 7.91. The first-order chi connectivity index (χ1) is 17.4. The van der Waals surface area contributed by atoms with E-state index in [-0.39, 0.29) is 19.0 Å². The molecule has 1 aliphatic heterocycles. The number of nitrogens with zero attached hydrogens (tertiary/aromatic N) is 3. The Labute approximate surface area is 207 Å². The number of benzene rings is 2. The summed E-state index contributed by atoms with van der Waals surface area (Å²) in [5.74, 6) is -0.686. The van der Waals surface area contributed by atoms with Gasteiger partial charge >= 0.3 is 6.09 Å². The smallest absolute Gasteiger partial charge is 0.414 e. The minimum Gasteiger partial charge on any atom is -0.442 e. The van der Waals surface area contributed by atoms with Crippen LogP contribution in [-0.4, -0.2) is 55.7 Å². The van der Waals surface area contributed by atoms with Crippen LogP contribution < -0.4 is 15.5 Å². The van der Waals surface area contributed by atoms with E-state index < -0.39 is 18.0 Å². The maximum atomic E-state index is 15.0. The summed E-state index contributed by atoms with van der Waals surface area (Å²) in [7, 11) is 1.48. The molecule has 2 heterocycles. The molecule has 0 radical (unpaired) electrons. The monoisotopic (exact) mass is 495 g/mol. The lowest BCUT2D eigenvalue weighted by molar-refractivity contribution is -0.119. The van der Waals surface area contributed by atoms with Crippen LogP contribution in [0.1, 0.15) is 18.1 Å². The maximum absolute atomic E-state index is 15.0. The molecule has 0 bridgehead atoms. The molecule has 1 aromatic heterocycles. The van der Waals surface area contributed by atoms with E-state index in [0.29, 0.717) is 35.6 Å². The van der Waals surface area contributed by atoms with E-state index in [2.05, 4.69) is 20.9 Å². The highest BCUT2D eigenvalue weighted by atomic mass is 19.1. The second kappa shape index (κ2) is 11.5. The van der Waals surface area contributed by atoms with Gasteiger partial charge in [0.25, 0.3) is 0 Å². The molecule has 36 heavy (non-hydrogen) atoms. The molecule has 2 N–H and O–H groups in total. The van der Waals surface area contributed by atoms with Crippen LogP contribution in [0.4, 0.5) is 14.9 Å². The van der Waals surface area contributed by atoms with Gasteiger partial charge in [-0.25, -0.2) is 9.18 Å². The van der Waals surface area contributed by atoms with Crippen LogP contribution in [0.25, 0.3) is 11.1 Å². The number of cyclic esters (lactones) is 1. The van der Waals surface area contributed by atoms with Gasteiger partial charge in [0.05, 0.1) is 25.0 Å². The normalized spacial score (nSPS) is 15.6. The predicted molar refractivity (Wildman–Crippen MR) is 130 cm³/mol. The Balaban J connectivity index is 1.43. The molecule has 1 aliphatic rings. The number of carbonyl (C=O) groups is 2. The van der Waals surface area contributed by atoms with E-state index in [1.807, 2.05) is 12.1 Å². The second-order valence-corrected chi connectivity index (χ2v) is 8.15. The quantitative estimate of drug-likeness (QED) is 0.328. The highest BCUT2D eigenvalue weighted by Crippen LogP contribution is 2.29. The highest BCUT2D eigenvalue weighted by Gasteiger charge is 2.32. The van der Waals surface area contributed by atoms with Crippen molar-refractivity contribution in [2.45, 2.75) is 19.6 Å². The van der Waals surface area contributed by atoms with Crippen molar-refractivity contribution in [1.82, 2.24) is 15.8 Å². The fourth-order valence-corrected chi connectivity index (χ4v) is 3.78. The molecule has 0 aliphatic carbocycles. The SMILES string of the molecule is CON=C(CNCc1cnoc1)c1ccc(-c2ccc(N3C[C@H](CNC(C)=O)OC3=O)cc2F)cc1. The first-order valence-electron chi connectivity index (χ1n) is 11.3. The molecule has 2 aromatic carbocycles. The minimum absolute atomic E-state index is 0.203. The van der Waals surface area contributed by atoms with E-state index in [1.165, 1.54) is 25.0 Å². The van der Waals surface area contributed by atoms with Crippen molar-refractivity contribution >= 4 is 23.4 Å². The number of aromatic nitrogens is 1. The van der Waals surface area contributed by atoms with Gasteiger partial charge in [-0.1, -0.05) is 34.6 Å². The highest BCUT2D eigenvalue weighted by molar-refractivity contribution is 6.02. The summed E-state index contributed by atoms with van der Waals surface area (Å²) in [6.45, 7) is 2.81. The lowest BCUT2D eigenvalue weighted by Crippen LogP contribution is -2.33. The summed E-state index contributed by atoms with van der Waals surface area (Å²) < 4.78 is 25.1. The van der Waals surface area contributed by atoms with Crippen molar-refractivity contribution in [3.63, 3.8) is 0 Å². The fraction of sp³-hybridized carbons (Fsp3) is 0.280. The zero-order valence-corrected chi connectivity index (χ0v) is 19.9. The largest absolute Gasteiger partial charge is 0.442 e. The van der Waals surface area contributed by atoms with Crippen molar-refractivity contribution in [1.29, 1.82) is 0 Å². The average molecular weight is 496 g/mol. The average Bonchev–Trinajstić information content (AvgIpc) is 3.52. The van der Waals surface area contributed by atoms with Gasteiger partial charge in [0.1, 0.15) is 31.0 Å². The molecular formula is C25H26FN5O5. The van der Waals surface area contributed by atoms with Crippen LogP contribution in [0.5, 0.6) is 0 Å². The molecule has 0 unspecified atom stereocenters. The zero-order valence-electron chi connectivity index (χ0n) is 19.9. The second-order valence-electron chi connectivity index (χ2n) is 8.15. The van der Waals surface area contributed by atoms with Gasteiger partial charge in [0.2, 0.25) is 5.91 Å². The fourth-order valence-electron chi connectivity index (χ4n) is 3.78. The Morgan fingerprint density at radius 2 is 2.08 bits per heavy atom. The maximum Gasteiger partial charge on any atom is 0.414 e. The van der Waals surface area contributed by atoms with E-state index in [4.69, 9.17) is 14.1 Å². The van der Waals surface area contributed by atoms with Crippen molar-refractivity contribution < 1.29 is 28.1 Å². The van der Waals surface area contributed by atoms with E-state index in [1.54, 1.807) is 36.7 Å². The van der Waals surface area contributed by atoms with Crippen LogP contribution in [0.2, 0.25) is 0 Å². The van der Waals surface area contributed by atoms with Crippen molar-refractivity contribution in [3.8, 4) is 11.1 Å². The number of ether oxygens (including phenoxy) is 1. The predicted octanol–water partition coefficient (Wildman–Crippen LogP) is 3.08. The van der Waals surface area contributed by atoms with Gasteiger partial charge in [-0.3, -0.25) is 9.69 Å². The van der Waals surface area contributed by atoms with Crippen LogP contribution in [-0.2, 0) is 20.9 Å². The van der Waals surface area contributed by atoms with E-state index in [0.717, 1.165) is 11.1 Å². The van der Waals surface area contributed by atoms with Gasteiger partial charge in [-0.2, -0.15) is 0 Å². The summed E-state index contributed by atoms with van der Waals surface area (Å²) in [5, 5.41) is 13.6. The third-order valence-corrected chi connectivity index (χ3v) is 5.55. The Morgan fingerprint density at radius 1 is 1.28 bits per heavy atom. The third kappa shape index (κ3) is 6.05. The number of amides is 2. The van der Waals surface area contributed by atoms with Crippen LogP contribution in [0.3, 0.4) is 0 Å². The Bertz CT molecular complexity index is 1230. The van der Waals surface area contributed by atoms with E-state index >= 15 is 4.39 Å². The number of carbonyl (C=O) groups excluding carboxylic acids is 2. The molecule has 1 saturated heterocycles. The summed E-state index contributed by atoms with van der Waals surface area (Å²) in [4.78, 5) is 29.7. The molecule has 4 rings (SSSR count). The minimum atomic E-state index is -0.579. The molecule has 2 amide bonds. The zero-order chi connectivity index (χ0) is 25.5. The molecule has 3 aromatic rings. The third-order valence-electron chi connectivity index (χ3n) is 5.55. The van der Waals surface area contributed by atoms with Crippen LogP contribution in [0.15, 0.2) is 64.6 Å². The molecule has 1 atom stereocenters. The number of anilines is 1. The summed E-state index contributed by atoms with van der Waals surface area (Å²) in [6, 6.07) is 11.9. The lowest BCUT2D eigenvalue weighted by atomic mass is 10.0. The van der Waals surface area contributed by atoms with Crippen LogP contribution >= 0.6 is 0 Å². The number of halogens is 1. The van der Waals surface area contributed by atoms with Crippen molar-refractivity contribution in [2.75, 3.05) is 31.6 Å². The van der Waals surface area contributed by atoms with Crippen LogP contribution in [0, 0.1) is 5.82 Å². The standard InChI is InChI=1S/C25H26FN5O5/c1-16(32)28-12-21-14-31(25(33)36-21)20-7-8-22(23(26)9-20)18-3-5-19(6-4-18)24(30-34-2)13-27-10-17-11-29-35-15-17/h3-9,11,15,21,27H,10,12-14H2,1-2H3,(H,28,32)/t21-/m0/s1. The Hall–Kier alpha value is -4.25. The van der Waals surface area contributed by atoms with E-state index in [9.17, 15) is 9.59 Å². The molecular weight excluding hydrogens is 469 g/mol. The Morgan fingerprint density at radius 3 is 2.75 bits per heavy atom. The molecule has 0 saturated carbocycles. The number of hydrogen-bond acceptors (Lipinski definition) is 8. The van der Waals surface area contributed by atoms with Gasteiger partial charge < -0.3 is 24.7 Å². The van der Waals surface area contributed by atoms with Gasteiger partial charge in [-0.15, -0.1) is 0 Å². The summed E-state index contributed by atoms with van der Waals surface area (Å²) in [5.41, 5.74) is 3.86. The first kappa shape index (κ1) is 24.9. The molecule has 11 heteroatoms. The molecule has 188 valence electrons. The lowest BCUT2D eigenvalue weighted by Gasteiger charge is -2.15. The molecule has 0 spiro atoms. The number of rotatable bonds is 10. The van der Waals surface area contributed by atoms with Crippen molar-refractivity contribution in [2.24, 2.45) is 5.16 Å². The topological polar surface area (TPSA) is 118 Å².